The van der Waals surface area contributed by atoms with Gasteiger partial charge in [-0.05, 0) is 38.0 Å². The molecule has 0 spiro atoms. The normalized spacial score (nSPS) is 13.4. The lowest BCUT2D eigenvalue weighted by molar-refractivity contribution is 0.324. The van der Waals surface area contributed by atoms with Gasteiger partial charge in [-0.15, -0.1) is 0 Å². The van der Waals surface area contributed by atoms with Crippen molar-refractivity contribution >= 4 is 15.7 Å². The van der Waals surface area contributed by atoms with Crippen LogP contribution in [0.5, 0.6) is 5.75 Å². The average Bonchev–Trinajstić information content (AvgIpc) is 2.46. The highest BCUT2D eigenvalue weighted by molar-refractivity contribution is 7.89. The molecule has 2 N–H and O–H groups in total. The first kappa shape index (κ1) is 17.8. The van der Waals surface area contributed by atoms with Crippen molar-refractivity contribution in [3.63, 3.8) is 0 Å². The molecular weight excluding hydrogens is 288 g/mol. The maximum atomic E-state index is 12.8. The fourth-order valence-electron chi connectivity index (χ4n) is 2.10. The van der Waals surface area contributed by atoms with Gasteiger partial charge in [0.2, 0.25) is 10.0 Å². The Labute approximate surface area is 128 Å². The first-order valence-corrected chi connectivity index (χ1v) is 8.77. The van der Waals surface area contributed by atoms with Crippen molar-refractivity contribution in [1.29, 1.82) is 0 Å². The molecule has 21 heavy (non-hydrogen) atoms. The minimum atomic E-state index is -3.53. The summed E-state index contributed by atoms with van der Waals surface area (Å²) in [7, 11) is -2.03. The van der Waals surface area contributed by atoms with Gasteiger partial charge in [-0.25, -0.2) is 8.42 Å². The summed E-state index contributed by atoms with van der Waals surface area (Å²) in [6.45, 7) is 6.49. The average molecular weight is 314 g/mol. The minimum absolute atomic E-state index is 0.0372. The van der Waals surface area contributed by atoms with E-state index in [2.05, 4.69) is 0 Å². The molecule has 0 fully saturated rings. The Balaban J connectivity index is 3.18. The van der Waals surface area contributed by atoms with Gasteiger partial charge < -0.3 is 10.5 Å². The lowest BCUT2D eigenvalue weighted by Gasteiger charge is -2.27. The largest absolute Gasteiger partial charge is 0.495 e. The van der Waals surface area contributed by atoms with E-state index in [-0.39, 0.29) is 10.9 Å². The zero-order valence-corrected chi connectivity index (χ0v) is 14.1. The summed E-state index contributed by atoms with van der Waals surface area (Å²) in [5.74, 6) is 0.484. The van der Waals surface area contributed by atoms with Gasteiger partial charge in [-0.2, -0.15) is 4.31 Å². The van der Waals surface area contributed by atoms with Crippen molar-refractivity contribution in [1.82, 2.24) is 4.31 Å². The second kappa shape index (κ2) is 7.66. The monoisotopic (exact) mass is 314 g/mol. The molecule has 0 aliphatic heterocycles. The molecule has 0 heterocycles. The molecule has 120 valence electrons. The number of ether oxygens (including phenoxy) is 1. The van der Waals surface area contributed by atoms with Crippen LogP contribution in [0.1, 0.15) is 40.0 Å². The number of unbranched alkanes of at least 4 members (excludes halogenated alkanes) is 1. The molecule has 0 amide bonds. The Morgan fingerprint density at radius 2 is 2.00 bits per heavy atom. The first-order valence-electron chi connectivity index (χ1n) is 7.33. The van der Waals surface area contributed by atoms with Crippen molar-refractivity contribution in [2.45, 2.75) is 51.0 Å². The topological polar surface area (TPSA) is 72.6 Å². The number of methoxy groups -OCH3 is 1. The molecule has 1 aromatic carbocycles. The van der Waals surface area contributed by atoms with Crippen LogP contribution in [-0.2, 0) is 10.0 Å². The van der Waals surface area contributed by atoms with Crippen molar-refractivity contribution < 1.29 is 13.2 Å². The van der Waals surface area contributed by atoms with Crippen LogP contribution in [0.3, 0.4) is 0 Å². The Morgan fingerprint density at radius 1 is 1.33 bits per heavy atom. The second-order valence-corrected chi connectivity index (χ2v) is 7.02. The summed E-state index contributed by atoms with van der Waals surface area (Å²) in [5, 5.41) is 0. The second-order valence-electron chi connectivity index (χ2n) is 5.13. The molecule has 0 radical (unpaired) electrons. The number of sulfonamides is 1. The molecular formula is C15H26N2O3S. The SMILES string of the molecule is CCCCN(C(C)CC)S(=O)(=O)c1ccc(OC)c(N)c1. The molecule has 0 aliphatic rings. The maximum absolute atomic E-state index is 12.8. The van der Waals surface area contributed by atoms with E-state index in [4.69, 9.17) is 10.5 Å². The summed E-state index contributed by atoms with van der Waals surface area (Å²) in [6.07, 6.45) is 2.57. The number of nitrogens with zero attached hydrogens (tertiary/aromatic N) is 1. The number of anilines is 1. The van der Waals surface area contributed by atoms with Gasteiger partial charge in [0.25, 0.3) is 0 Å². The van der Waals surface area contributed by atoms with Gasteiger partial charge in [0.1, 0.15) is 5.75 Å². The van der Waals surface area contributed by atoms with Gasteiger partial charge in [-0.3, -0.25) is 0 Å². The van der Waals surface area contributed by atoms with Crippen LogP contribution >= 0.6 is 0 Å². The van der Waals surface area contributed by atoms with Gasteiger partial charge in [0.15, 0.2) is 0 Å². The van der Waals surface area contributed by atoms with E-state index >= 15 is 0 Å². The van der Waals surface area contributed by atoms with E-state index in [0.717, 1.165) is 19.3 Å². The zero-order chi connectivity index (χ0) is 16.0. The molecule has 1 aromatic rings. The molecule has 1 unspecified atom stereocenters. The Bertz CT molecular complexity index is 558. The predicted molar refractivity (Wildman–Crippen MR) is 86.0 cm³/mol. The van der Waals surface area contributed by atoms with Gasteiger partial charge >= 0.3 is 0 Å². The molecule has 0 saturated heterocycles. The summed E-state index contributed by atoms with van der Waals surface area (Å²) in [6, 6.07) is 4.57. The molecule has 0 aromatic heterocycles. The van der Waals surface area contributed by atoms with E-state index in [1.807, 2.05) is 20.8 Å². The zero-order valence-electron chi connectivity index (χ0n) is 13.3. The van der Waals surface area contributed by atoms with E-state index in [0.29, 0.717) is 18.0 Å². The van der Waals surface area contributed by atoms with Gasteiger partial charge in [-0.1, -0.05) is 20.3 Å². The van der Waals surface area contributed by atoms with Crippen LogP contribution in [0.15, 0.2) is 23.1 Å². The molecule has 0 saturated carbocycles. The third kappa shape index (κ3) is 4.11. The van der Waals surface area contributed by atoms with Crippen LogP contribution in [-0.4, -0.2) is 32.4 Å². The number of rotatable bonds is 8. The minimum Gasteiger partial charge on any atom is -0.495 e. The van der Waals surface area contributed by atoms with Crippen molar-refractivity contribution in [2.24, 2.45) is 0 Å². The number of benzene rings is 1. The van der Waals surface area contributed by atoms with Crippen molar-refractivity contribution in [3.8, 4) is 5.75 Å². The molecule has 6 heteroatoms. The van der Waals surface area contributed by atoms with E-state index in [1.165, 1.54) is 13.2 Å². The van der Waals surface area contributed by atoms with Crippen LogP contribution in [0, 0.1) is 0 Å². The Morgan fingerprint density at radius 3 is 2.48 bits per heavy atom. The van der Waals surface area contributed by atoms with Gasteiger partial charge in [0.05, 0.1) is 17.7 Å². The van der Waals surface area contributed by atoms with Crippen molar-refractivity contribution in [2.75, 3.05) is 19.4 Å². The summed E-state index contributed by atoms with van der Waals surface area (Å²) in [5.41, 5.74) is 6.16. The first-order chi connectivity index (χ1) is 9.88. The van der Waals surface area contributed by atoms with Crippen LogP contribution in [0.2, 0.25) is 0 Å². The fraction of sp³-hybridized carbons (Fsp3) is 0.600. The standard InChI is InChI=1S/C15H26N2O3S/c1-5-7-10-17(12(3)6-2)21(18,19)13-8-9-15(20-4)14(16)11-13/h8-9,11-12H,5-7,10,16H2,1-4H3. The lowest BCUT2D eigenvalue weighted by atomic mass is 10.2. The van der Waals surface area contributed by atoms with Crippen LogP contribution < -0.4 is 10.5 Å². The molecule has 1 atom stereocenters. The van der Waals surface area contributed by atoms with Crippen LogP contribution in [0.4, 0.5) is 5.69 Å². The Hall–Kier alpha value is -1.27. The smallest absolute Gasteiger partial charge is 0.243 e. The van der Waals surface area contributed by atoms with E-state index < -0.39 is 10.0 Å². The quantitative estimate of drug-likeness (QED) is 0.749. The third-order valence-corrected chi connectivity index (χ3v) is 5.63. The summed E-state index contributed by atoms with van der Waals surface area (Å²) >= 11 is 0. The highest BCUT2D eigenvalue weighted by Gasteiger charge is 2.28. The summed E-state index contributed by atoms with van der Waals surface area (Å²) in [4.78, 5) is 0.220. The van der Waals surface area contributed by atoms with E-state index in [9.17, 15) is 8.42 Å². The number of nitrogens with two attached hydrogens (primary N) is 1. The Kier molecular flexibility index (Phi) is 6.48. The predicted octanol–water partition coefficient (Wildman–Crippen LogP) is 2.87. The number of nitrogen functional groups attached to an aromatic ring is 1. The third-order valence-electron chi connectivity index (χ3n) is 3.62. The molecule has 0 bridgehead atoms. The van der Waals surface area contributed by atoms with Crippen LogP contribution in [0.25, 0.3) is 0 Å². The lowest BCUT2D eigenvalue weighted by Crippen LogP contribution is -2.39. The molecule has 5 nitrogen and oxygen atoms in total. The summed E-state index contributed by atoms with van der Waals surface area (Å²) < 4.78 is 32.3. The highest BCUT2D eigenvalue weighted by atomic mass is 32.2. The maximum Gasteiger partial charge on any atom is 0.243 e. The highest BCUT2D eigenvalue weighted by Crippen LogP contribution is 2.27. The molecule has 1 rings (SSSR count). The number of hydrogen-bond donors (Lipinski definition) is 1. The van der Waals surface area contributed by atoms with Gasteiger partial charge in [0, 0.05) is 12.6 Å². The fourth-order valence-corrected chi connectivity index (χ4v) is 3.88. The number of hydrogen-bond acceptors (Lipinski definition) is 4. The molecule has 0 aliphatic carbocycles. The van der Waals surface area contributed by atoms with E-state index in [1.54, 1.807) is 16.4 Å². The van der Waals surface area contributed by atoms with Crippen molar-refractivity contribution in [3.05, 3.63) is 18.2 Å².